The van der Waals surface area contributed by atoms with Crippen LogP contribution in [0.25, 0.3) is 16.7 Å². The largest absolute Gasteiger partial charge is 0.369 e. The van der Waals surface area contributed by atoms with Gasteiger partial charge in [0.15, 0.2) is 11.3 Å². The SMILES string of the molecule is N#Cc1cnc(NC[C@H]2CC[C@H](c3ncc4cnc5[nH]ccc5n34)C2)cn1. The van der Waals surface area contributed by atoms with Crippen molar-refractivity contribution < 1.29 is 0 Å². The van der Waals surface area contributed by atoms with Crippen LogP contribution in [0.2, 0.25) is 0 Å². The van der Waals surface area contributed by atoms with Crippen molar-refractivity contribution in [2.24, 2.45) is 5.92 Å². The Morgan fingerprint density at radius 2 is 2.07 bits per heavy atom. The second-order valence-corrected chi connectivity index (χ2v) is 7.00. The number of nitrogens with one attached hydrogen (secondary N) is 2. The molecule has 0 spiro atoms. The average molecular weight is 358 g/mol. The van der Waals surface area contributed by atoms with Crippen LogP contribution in [0.3, 0.4) is 0 Å². The Morgan fingerprint density at radius 3 is 2.93 bits per heavy atom. The zero-order valence-corrected chi connectivity index (χ0v) is 14.6. The van der Waals surface area contributed by atoms with Crippen LogP contribution in [-0.2, 0) is 0 Å². The summed E-state index contributed by atoms with van der Waals surface area (Å²) >= 11 is 0. The first-order valence-electron chi connectivity index (χ1n) is 9.07. The van der Waals surface area contributed by atoms with E-state index >= 15 is 0 Å². The number of fused-ring (bicyclic) bond motifs is 3. The Bertz CT molecular complexity index is 1130. The lowest BCUT2D eigenvalue weighted by Crippen LogP contribution is -2.13. The zero-order chi connectivity index (χ0) is 18.2. The third kappa shape index (κ3) is 2.77. The highest BCUT2D eigenvalue weighted by atomic mass is 15.1. The van der Waals surface area contributed by atoms with Crippen LogP contribution in [-0.4, -0.2) is 35.9 Å². The molecule has 0 aromatic carbocycles. The maximum absolute atomic E-state index is 8.79. The van der Waals surface area contributed by atoms with Crippen molar-refractivity contribution in [3.63, 3.8) is 0 Å². The molecule has 1 fully saturated rings. The third-order valence-electron chi connectivity index (χ3n) is 5.33. The van der Waals surface area contributed by atoms with E-state index in [-0.39, 0.29) is 0 Å². The lowest BCUT2D eigenvalue weighted by Gasteiger charge is -2.13. The molecule has 0 aliphatic heterocycles. The van der Waals surface area contributed by atoms with Crippen molar-refractivity contribution in [2.45, 2.75) is 25.2 Å². The number of hydrogen-bond acceptors (Lipinski definition) is 6. The highest BCUT2D eigenvalue weighted by Crippen LogP contribution is 2.38. The monoisotopic (exact) mass is 358 g/mol. The minimum Gasteiger partial charge on any atom is -0.369 e. The number of imidazole rings is 1. The van der Waals surface area contributed by atoms with Gasteiger partial charge in [-0.2, -0.15) is 5.26 Å². The topological polar surface area (TPSA) is 108 Å². The number of aromatic nitrogens is 6. The van der Waals surface area contributed by atoms with Gasteiger partial charge in [0, 0.05) is 18.7 Å². The van der Waals surface area contributed by atoms with E-state index in [1.807, 2.05) is 24.7 Å². The lowest BCUT2D eigenvalue weighted by molar-refractivity contribution is 0.559. The Morgan fingerprint density at radius 1 is 1.15 bits per heavy atom. The number of anilines is 1. The molecule has 4 aromatic rings. The van der Waals surface area contributed by atoms with Crippen molar-refractivity contribution in [1.82, 2.24) is 29.3 Å². The Labute approximate surface area is 155 Å². The van der Waals surface area contributed by atoms with Crippen molar-refractivity contribution in [3.8, 4) is 6.07 Å². The molecule has 4 aromatic heterocycles. The van der Waals surface area contributed by atoms with Gasteiger partial charge in [-0.25, -0.2) is 19.9 Å². The minimum absolute atomic E-state index is 0.332. The van der Waals surface area contributed by atoms with Crippen LogP contribution in [0.1, 0.15) is 36.7 Å². The molecule has 2 atom stereocenters. The first-order chi connectivity index (χ1) is 13.3. The van der Waals surface area contributed by atoms with E-state index in [2.05, 4.69) is 35.7 Å². The fraction of sp³-hybridized carbons (Fsp3) is 0.316. The van der Waals surface area contributed by atoms with Crippen LogP contribution in [0, 0.1) is 17.2 Å². The van der Waals surface area contributed by atoms with Crippen LogP contribution < -0.4 is 5.32 Å². The first kappa shape index (κ1) is 15.8. The van der Waals surface area contributed by atoms with Gasteiger partial charge in [-0.1, -0.05) is 0 Å². The second kappa shape index (κ2) is 6.36. The van der Waals surface area contributed by atoms with E-state index in [0.717, 1.165) is 48.3 Å². The van der Waals surface area contributed by atoms with Crippen LogP contribution in [0.5, 0.6) is 0 Å². The number of rotatable bonds is 4. The summed E-state index contributed by atoms with van der Waals surface area (Å²) in [6.45, 7) is 0.849. The van der Waals surface area contributed by atoms with Gasteiger partial charge in [0.1, 0.15) is 17.7 Å². The number of H-pyrrole nitrogens is 1. The van der Waals surface area contributed by atoms with Crippen molar-refractivity contribution >= 4 is 22.5 Å². The summed E-state index contributed by atoms with van der Waals surface area (Å²) in [5.41, 5.74) is 3.33. The minimum atomic E-state index is 0.332. The van der Waals surface area contributed by atoms with Gasteiger partial charge in [-0.15, -0.1) is 0 Å². The molecule has 5 rings (SSSR count). The molecular formula is C19H18N8. The van der Waals surface area contributed by atoms with Crippen molar-refractivity contribution in [2.75, 3.05) is 11.9 Å². The summed E-state index contributed by atoms with van der Waals surface area (Å²) in [5, 5.41) is 12.1. The van der Waals surface area contributed by atoms with E-state index in [1.165, 1.54) is 6.20 Å². The molecule has 0 saturated heterocycles. The van der Waals surface area contributed by atoms with Gasteiger partial charge >= 0.3 is 0 Å². The molecule has 8 nitrogen and oxygen atoms in total. The molecule has 1 aliphatic rings. The number of aromatic amines is 1. The molecule has 0 bridgehead atoms. The number of nitriles is 1. The zero-order valence-electron chi connectivity index (χ0n) is 14.6. The Balaban J connectivity index is 1.31. The fourth-order valence-electron chi connectivity index (χ4n) is 4.01. The molecule has 0 unspecified atom stereocenters. The molecule has 0 amide bonds. The van der Waals surface area contributed by atoms with E-state index in [0.29, 0.717) is 23.3 Å². The average Bonchev–Trinajstić information content (AvgIpc) is 3.44. The highest BCUT2D eigenvalue weighted by molar-refractivity contribution is 5.75. The quantitative estimate of drug-likeness (QED) is 0.581. The molecule has 2 N–H and O–H groups in total. The standard InChI is InChI=1S/C19H18N8/c20-6-14-8-24-17(11-22-14)23-7-12-1-2-13(5-12)19-26-10-15-9-25-18-16(27(15)19)3-4-21-18/h3-4,8-13,21H,1-2,5,7H2,(H,23,24)/t12-,13-/m0/s1. The normalized spacial score (nSPS) is 19.5. The summed E-state index contributed by atoms with van der Waals surface area (Å²) in [6, 6.07) is 4.03. The molecule has 134 valence electrons. The van der Waals surface area contributed by atoms with E-state index in [4.69, 9.17) is 10.2 Å². The molecule has 4 heterocycles. The number of nitrogens with zero attached hydrogens (tertiary/aromatic N) is 6. The van der Waals surface area contributed by atoms with Gasteiger partial charge in [0.25, 0.3) is 0 Å². The summed E-state index contributed by atoms with van der Waals surface area (Å²) in [5.74, 6) is 2.83. The summed E-state index contributed by atoms with van der Waals surface area (Å²) < 4.78 is 2.23. The van der Waals surface area contributed by atoms with E-state index < -0.39 is 0 Å². The van der Waals surface area contributed by atoms with E-state index in [9.17, 15) is 0 Å². The van der Waals surface area contributed by atoms with Gasteiger partial charge in [-0.05, 0) is 31.2 Å². The van der Waals surface area contributed by atoms with Crippen molar-refractivity contribution in [1.29, 1.82) is 5.26 Å². The predicted molar refractivity (Wildman–Crippen MR) is 100 cm³/mol. The van der Waals surface area contributed by atoms with Crippen LogP contribution in [0.15, 0.2) is 37.1 Å². The van der Waals surface area contributed by atoms with Gasteiger partial charge < -0.3 is 10.3 Å². The van der Waals surface area contributed by atoms with Crippen molar-refractivity contribution in [3.05, 3.63) is 48.6 Å². The molecule has 8 heteroatoms. The van der Waals surface area contributed by atoms with E-state index in [1.54, 1.807) is 6.20 Å². The summed E-state index contributed by atoms with van der Waals surface area (Å²) in [7, 11) is 0. The second-order valence-electron chi connectivity index (χ2n) is 7.00. The van der Waals surface area contributed by atoms with Crippen LogP contribution in [0.4, 0.5) is 5.82 Å². The predicted octanol–water partition coefficient (Wildman–Crippen LogP) is 2.87. The maximum atomic E-state index is 8.79. The molecule has 27 heavy (non-hydrogen) atoms. The molecule has 0 radical (unpaired) electrons. The van der Waals surface area contributed by atoms with Gasteiger partial charge in [0.2, 0.25) is 0 Å². The summed E-state index contributed by atoms with van der Waals surface area (Å²) in [4.78, 5) is 20.6. The Kier molecular flexibility index (Phi) is 3.71. The highest BCUT2D eigenvalue weighted by Gasteiger charge is 2.29. The van der Waals surface area contributed by atoms with Gasteiger partial charge in [0.05, 0.1) is 35.8 Å². The Hall–Kier alpha value is -3.47. The maximum Gasteiger partial charge on any atom is 0.158 e. The summed E-state index contributed by atoms with van der Waals surface area (Å²) in [6.07, 6.45) is 12.2. The lowest BCUT2D eigenvalue weighted by atomic mass is 10.0. The molecule has 1 saturated carbocycles. The third-order valence-corrected chi connectivity index (χ3v) is 5.33. The van der Waals surface area contributed by atoms with Gasteiger partial charge in [-0.3, -0.25) is 4.40 Å². The smallest absolute Gasteiger partial charge is 0.158 e. The fourth-order valence-corrected chi connectivity index (χ4v) is 4.01. The first-order valence-corrected chi connectivity index (χ1v) is 9.07. The van der Waals surface area contributed by atoms with Crippen LogP contribution >= 0.6 is 0 Å². The molecular weight excluding hydrogens is 340 g/mol. The molecule has 1 aliphatic carbocycles. The number of hydrogen-bond donors (Lipinski definition) is 2.